The molecule has 168 valence electrons. The molecule has 11 heteroatoms. The van der Waals surface area contributed by atoms with Crippen molar-refractivity contribution in [3.8, 4) is 5.69 Å². The van der Waals surface area contributed by atoms with E-state index in [1.807, 2.05) is 0 Å². The minimum absolute atomic E-state index is 0.0278. The van der Waals surface area contributed by atoms with E-state index in [-0.39, 0.29) is 36.9 Å². The minimum atomic E-state index is -4.66. The molecule has 0 unspecified atom stereocenters. The normalized spacial score (nSPS) is 18.5. The van der Waals surface area contributed by atoms with E-state index in [0.717, 1.165) is 0 Å². The Balaban J connectivity index is 1.35. The lowest BCUT2D eigenvalue weighted by Gasteiger charge is -2.34. The van der Waals surface area contributed by atoms with Crippen LogP contribution in [-0.2, 0) is 14.3 Å². The molecule has 1 aromatic carbocycles. The number of aromatic nitrogens is 2. The van der Waals surface area contributed by atoms with Crippen LogP contribution in [0, 0.1) is 5.82 Å². The molecule has 6 nitrogen and oxygen atoms in total. The first-order chi connectivity index (χ1) is 14.6. The molecule has 3 rings (SSSR count). The number of imidazole rings is 1. The molecule has 0 atom stereocenters. The molecule has 1 fully saturated rings. The first-order valence-corrected chi connectivity index (χ1v) is 9.79. The van der Waals surface area contributed by atoms with Crippen LogP contribution in [0.25, 0.3) is 11.3 Å². The Morgan fingerprint density at radius 1 is 1.32 bits per heavy atom. The van der Waals surface area contributed by atoms with E-state index in [1.165, 1.54) is 18.5 Å². The van der Waals surface area contributed by atoms with Crippen molar-refractivity contribution in [1.29, 1.82) is 0 Å². The number of ether oxygens (including phenoxy) is 2. The van der Waals surface area contributed by atoms with Crippen LogP contribution in [0.1, 0.15) is 25.0 Å². The Hall–Kier alpha value is -2.43. The Bertz CT molecular complexity index is 942. The number of amides is 1. The van der Waals surface area contributed by atoms with Crippen LogP contribution in [0.15, 0.2) is 37.3 Å². The second-order valence-corrected chi connectivity index (χ2v) is 7.47. The number of benzene rings is 1. The maximum Gasteiger partial charge on any atom is 0.522 e. The molecule has 2 aromatic rings. The third kappa shape index (κ3) is 6.78. The number of alkyl halides is 3. The fourth-order valence-electron chi connectivity index (χ4n) is 2.96. The van der Waals surface area contributed by atoms with Gasteiger partial charge in [0.1, 0.15) is 12.4 Å². The first-order valence-electron chi connectivity index (χ1n) is 9.41. The molecule has 1 aromatic heterocycles. The minimum Gasteiger partial charge on any atom is -0.368 e. The number of carbonyl (C=O) groups excluding carboxylic acids is 1. The van der Waals surface area contributed by atoms with Gasteiger partial charge >= 0.3 is 6.36 Å². The molecule has 31 heavy (non-hydrogen) atoms. The largest absolute Gasteiger partial charge is 0.522 e. The zero-order valence-electron chi connectivity index (χ0n) is 16.3. The number of halogens is 5. The fourth-order valence-corrected chi connectivity index (χ4v) is 3.07. The van der Waals surface area contributed by atoms with Crippen LogP contribution in [0.5, 0.6) is 0 Å². The van der Waals surface area contributed by atoms with Crippen LogP contribution in [0.4, 0.5) is 17.6 Å². The van der Waals surface area contributed by atoms with E-state index in [4.69, 9.17) is 16.3 Å². The number of nitrogens with zero attached hydrogens (tertiary/aromatic N) is 2. The van der Waals surface area contributed by atoms with Gasteiger partial charge in [-0.15, -0.1) is 13.2 Å². The van der Waals surface area contributed by atoms with Gasteiger partial charge in [0.15, 0.2) is 0 Å². The molecule has 0 aliphatic heterocycles. The zero-order chi connectivity index (χ0) is 22.6. The molecule has 0 bridgehead atoms. The monoisotopic (exact) mass is 461 g/mol. The van der Waals surface area contributed by atoms with Crippen molar-refractivity contribution in [2.75, 3.05) is 13.2 Å². The fraction of sp³-hybridized carbons (Fsp3) is 0.400. The molecular formula is C20H20ClF4N3O3. The zero-order valence-corrected chi connectivity index (χ0v) is 17.0. The summed E-state index contributed by atoms with van der Waals surface area (Å²) in [5.74, 6) is -0.918. The van der Waals surface area contributed by atoms with E-state index >= 15 is 0 Å². The topological polar surface area (TPSA) is 65.4 Å². The summed E-state index contributed by atoms with van der Waals surface area (Å²) in [5.41, 5.74) is 1.81. The van der Waals surface area contributed by atoms with Gasteiger partial charge in [-0.1, -0.05) is 18.2 Å². The van der Waals surface area contributed by atoms with E-state index in [1.54, 1.807) is 16.8 Å². The second-order valence-electron chi connectivity index (χ2n) is 7.06. The Morgan fingerprint density at radius 3 is 2.74 bits per heavy atom. The first kappa shape index (κ1) is 23.2. The van der Waals surface area contributed by atoms with Crippen molar-refractivity contribution in [2.24, 2.45) is 0 Å². The third-order valence-corrected chi connectivity index (χ3v) is 5.00. The lowest BCUT2D eigenvalue weighted by atomic mass is 9.92. The van der Waals surface area contributed by atoms with Gasteiger partial charge < -0.3 is 14.6 Å². The molecule has 0 spiro atoms. The van der Waals surface area contributed by atoms with Crippen LogP contribution < -0.4 is 5.32 Å². The second kappa shape index (κ2) is 9.80. The van der Waals surface area contributed by atoms with E-state index < -0.39 is 24.4 Å². The molecule has 1 aliphatic carbocycles. The molecule has 1 N–H and O–H groups in total. The molecule has 1 aliphatic rings. The van der Waals surface area contributed by atoms with Crippen molar-refractivity contribution in [3.05, 3.63) is 53.8 Å². The summed E-state index contributed by atoms with van der Waals surface area (Å²) >= 11 is 5.68. The summed E-state index contributed by atoms with van der Waals surface area (Å²) in [4.78, 5) is 16.1. The van der Waals surface area contributed by atoms with Crippen LogP contribution in [-0.4, -0.2) is 47.2 Å². The Labute approximate surface area is 180 Å². The van der Waals surface area contributed by atoms with Gasteiger partial charge in [0, 0.05) is 31.3 Å². The molecular weight excluding hydrogens is 442 g/mol. The predicted octanol–water partition coefficient (Wildman–Crippen LogP) is 4.27. The highest BCUT2D eigenvalue weighted by molar-refractivity contribution is 6.30. The summed E-state index contributed by atoms with van der Waals surface area (Å²) < 4.78 is 60.5. The van der Waals surface area contributed by atoms with Gasteiger partial charge in [0.2, 0.25) is 5.91 Å². The number of carbonyl (C=O) groups is 1. The summed E-state index contributed by atoms with van der Waals surface area (Å²) in [6.07, 6.45) is -2.17. The quantitative estimate of drug-likeness (QED) is 0.566. The molecule has 0 saturated heterocycles. The molecule has 1 saturated carbocycles. The summed E-state index contributed by atoms with van der Waals surface area (Å²) in [5, 5.41) is 2.68. The van der Waals surface area contributed by atoms with E-state index in [2.05, 4.69) is 21.6 Å². The lowest BCUT2D eigenvalue weighted by Crippen LogP contribution is -2.42. The van der Waals surface area contributed by atoms with Crippen molar-refractivity contribution in [1.82, 2.24) is 14.9 Å². The van der Waals surface area contributed by atoms with Gasteiger partial charge in [-0.3, -0.25) is 9.53 Å². The Morgan fingerprint density at radius 2 is 2.06 bits per heavy atom. The highest BCUT2D eigenvalue weighted by Crippen LogP contribution is 2.32. The van der Waals surface area contributed by atoms with Crippen molar-refractivity contribution < 1.29 is 31.8 Å². The summed E-state index contributed by atoms with van der Waals surface area (Å²) in [6, 6.07) is 4.39. The van der Waals surface area contributed by atoms with Crippen LogP contribution >= 0.6 is 11.6 Å². The van der Waals surface area contributed by atoms with Gasteiger partial charge in [-0.25, -0.2) is 9.37 Å². The maximum absolute atomic E-state index is 13.6. The standard InChI is InChI=1S/C20H20ClF4N3O3/c1-12(18-9-28(11-27-18)13-2-3-16(21)17(22)6-13)4-5-26-19(29)10-30-14-7-15(8-14)31-20(23,24)25/h2-3,6,9,11,14-15H,1,4-5,7-8,10H2,(H,26,29)/t14-,15+. The number of hydrogen-bond donors (Lipinski definition) is 1. The summed E-state index contributed by atoms with van der Waals surface area (Å²) in [6.45, 7) is 3.98. The van der Waals surface area contributed by atoms with Crippen LogP contribution in [0.2, 0.25) is 5.02 Å². The highest BCUT2D eigenvalue weighted by atomic mass is 35.5. The number of nitrogens with one attached hydrogen (secondary N) is 1. The van der Waals surface area contributed by atoms with Gasteiger partial charge in [0.05, 0.1) is 29.3 Å². The summed E-state index contributed by atoms with van der Waals surface area (Å²) in [7, 11) is 0. The van der Waals surface area contributed by atoms with Gasteiger partial charge in [-0.2, -0.15) is 0 Å². The van der Waals surface area contributed by atoms with Crippen LogP contribution in [0.3, 0.4) is 0 Å². The van der Waals surface area contributed by atoms with Crippen molar-refractivity contribution in [3.63, 3.8) is 0 Å². The lowest BCUT2D eigenvalue weighted by molar-refractivity contribution is -0.357. The number of rotatable bonds is 9. The Kier molecular flexibility index (Phi) is 7.34. The SMILES string of the molecule is C=C(CCNC(=O)CO[C@H]1C[C@@H](OC(F)(F)F)C1)c1cn(-c2ccc(Cl)c(F)c2)cn1. The van der Waals surface area contributed by atoms with Crippen molar-refractivity contribution >= 4 is 23.1 Å². The molecule has 0 radical (unpaired) electrons. The van der Waals surface area contributed by atoms with Gasteiger partial charge in [0.25, 0.3) is 0 Å². The smallest absolute Gasteiger partial charge is 0.368 e. The number of hydrogen-bond acceptors (Lipinski definition) is 4. The van der Waals surface area contributed by atoms with E-state index in [0.29, 0.717) is 23.4 Å². The molecule has 1 heterocycles. The van der Waals surface area contributed by atoms with Gasteiger partial charge in [-0.05, 0) is 30.2 Å². The van der Waals surface area contributed by atoms with E-state index in [9.17, 15) is 22.4 Å². The average molecular weight is 462 g/mol. The molecule has 1 amide bonds. The van der Waals surface area contributed by atoms with Crippen molar-refractivity contribution in [2.45, 2.75) is 37.8 Å². The highest BCUT2D eigenvalue weighted by Gasteiger charge is 2.40. The maximum atomic E-state index is 13.6. The predicted molar refractivity (Wildman–Crippen MR) is 105 cm³/mol. The third-order valence-electron chi connectivity index (χ3n) is 4.70. The average Bonchev–Trinajstić information content (AvgIpc) is 3.15.